The number of epoxide rings is 12. The molecule has 12 aliphatic rings. The highest BCUT2D eigenvalue weighted by Crippen LogP contribution is 2.34. The molecule has 614 valence electrons. The molecular weight excluding hydrogens is 1410 g/mol. The van der Waals surface area contributed by atoms with Crippen molar-refractivity contribution in [3.8, 4) is 17.8 Å². The Balaban J connectivity index is 0.000000162. The van der Waals surface area contributed by atoms with Gasteiger partial charge < -0.3 is 124 Å². The predicted molar refractivity (Wildman–Crippen MR) is 392 cm³/mol. The molecule has 0 aliphatic carbocycles. The summed E-state index contributed by atoms with van der Waals surface area (Å²) in [6.45, 7) is 34.3. The number of benzene rings is 2. The van der Waals surface area contributed by atoms with E-state index in [0.29, 0.717) is 154 Å². The number of nitrogens with zero attached hydrogens (tertiary/aromatic N) is 2. The molecule has 2 aromatic rings. The molecule has 0 radical (unpaired) electrons. The number of aliphatic imine (C=N–C) groups is 1. The molecule has 12 fully saturated rings. The second-order valence-electron chi connectivity index (χ2n) is 29.5. The minimum absolute atomic E-state index is 0.0732. The summed E-state index contributed by atoms with van der Waals surface area (Å²) in [5.74, 6) is 1.78. The number of isocyanates is 1. The van der Waals surface area contributed by atoms with Gasteiger partial charge in [-0.05, 0) is 80.3 Å². The molecule has 0 bridgehead atoms. The van der Waals surface area contributed by atoms with Crippen LogP contribution >= 0.6 is 0 Å². The van der Waals surface area contributed by atoms with Gasteiger partial charge in [-0.1, -0.05) is 71.2 Å². The van der Waals surface area contributed by atoms with Crippen molar-refractivity contribution in [2.45, 2.75) is 177 Å². The van der Waals surface area contributed by atoms with Crippen LogP contribution in [0, 0.1) is 16.9 Å². The van der Waals surface area contributed by atoms with Crippen molar-refractivity contribution in [1.82, 2.24) is 0 Å². The van der Waals surface area contributed by atoms with Crippen LogP contribution in [0.15, 0.2) is 53.5 Å². The van der Waals surface area contributed by atoms with E-state index in [0.717, 1.165) is 182 Å². The predicted octanol–water partition coefficient (Wildman–Crippen LogP) is 6.76. The minimum atomic E-state index is -0.549. The maximum Gasteiger partial charge on any atom is 0.286 e. The normalized spacial score (nSPS) is 25.4. The zero-order chi connectivity index (χ0) is 75.8. The van der Waals surface area contributed by atoms with Gasteiger partial charge in [0.2, 0.25) is 6.08 Å². The van der Waals surface area contributed by atoms with Crippen LogP contribution in [0.25, 0.3) is 0 Å². The van der Waals surface area contributed by atoms with Crippen molar-refractivity contribution >= 4 is 6.08 Å². The van der Waals surface area contributed by atoms with E-state index < -0.39 is 6.10 Å². The highest BCUT2D eigenvalue weighted by molar-refractivity contribution is 5.42. The summed E-state index contributed by atoms with van der Waals surface area (Å²) in [4.78, 5) is 13.0. The summed E-state index contributed by atoms with van der Waals surface area (Å²) < 4.78 is 130. The molecule has 12 aliphatic heterocycles. The first-order valence-electron chi connectivity index (χ1n) is 39.2. The first-order valence-corrected chi connectivity index (χ1v) is 39.2. The van der Waals surface area contributed by atoms with Crippen LogP contribution in [-0.2, 0) is 119 Å². The van der Waals surface area contributed by atoms with Crippen molar-refractivity contribution in [2.24, 2.45) is 10.4 Å². The van der Waals surface area contributed by atoms with Gasteiger partial charge in [0.05, 0.1) is 217 Å². The number of carbonyl (C=O) groups excluding carboxylic acids is 1. The molecule has 0 spiro atoms. The smallest absolute Gasteiger partial charge is 0.286 e. The van der Waals surface area contributed by atoms with Crippen LogP contribution in [0.2, 0.25) is 0 Å². The summed E-state index contributed by atoms with van der Waals surface area (Å²) in [6, 6.07) is 16.7. The lowest BCUT2D eigenvalue weighted by atomic mass is 9.78. The maximum atomic E-state index is 9.63. The number of aliphatic hydroxyl groups is 1. The molecule has 29 heteroatoms. The molecule has 12 unspecified atom stereocenters. The van der Waals surface area contributed by atoms with E-state index in [9.17, 15) is 9.90 Å². The van der Waals surface area contributed by atoms with E-state index in [1.807, 2.05) is 24.3 Å². The molecule has 12 saturated heterocycles. The molecule has 108 heavy (non-hydrogen) atoms. The van der Waals surface area contributed by atoms with E-state index in [2.05, 4.69) is 61.7 Å². The molecule has 29 nitrogen and oxygen atoms in total. The van der Waals surface area contributed by atoms with E-state index in [1.165, 1.54) is 42.9 Å². The van der Waals surface area contributed by atoms with Crippen LogP contribution < -0.4 is 9.47 Å². The number of rotatable bonds is 58. The third-order valence-corrected chi connectivity index (χ3v) is 17.5. The van der Waals surface area contributed by atoms with Gasteiger partial charge in [-0.25, -0.2) is 9.79 Å². The number of unbranched alkanes of at least 4 members (excludes halogenated alkanes) is 5. The van der Waals surface area contributed by atoms with Gasteiger partial charge >= 0.3 is 0 Å². The van der Waals surface area contributed by atoms with Gasteiger partial charge in [0.15, 0.2) is 0 Å². The summed E-state index contributed by atoms with van der Waals surface area (Å²) in [5.41, 5.74) is 2.49. The van der Waals surface area contributed by atoms with Crippen LogP contribution in [0.4, 0.5) is 0 Å². The zero-order valence-corrected chi connectivity index (χ0v) is 64.6. The maximum absolute atomic E-state index is 9.63. The fourth-order valence-corrected chi connectivity index (χ4v) is 9.67. The summed E-state index contributed by atoms with van der Waals surface area (Å²) in [5, 5.41) is 17.4. The zero-order valence-electron chi connectivity index (χ0n) is 64.6. The Morgan fingerprint density at radius 1 is 0.380 bits per heavy atom. The Morgan fingerprint density at radius 2 is 0.676 bits per heavy atom. The van der Waals surface area contributed by atoms with Crippen LogP contribution in [0.1, 0.15) is 103 Å². The second-order valence-corrected chi connectivity index (χ2v) is 29.5. The molecule has 0 saturated carbocycles. The van der Waals surface area contributed by atoms with E-state index in [1.54, 1.807) is 6.26 Å². The summed E-state index contributed by atoms with van der Waals surface area (Å²) in [6.07, 6.45) is 18.1. The van der Waals surface area contributed by atoms with Gasteiger partial charge in [0.25, 0.3) is 6.26 Å². The lowest BCUT2D eigenvalue weighted by molar-refractivity contribution is -0.0239. The van der Waals surface area contributed by atoms with Crippen LogP contribution in [0.5, 0.6) is 11.5 Å². The highest BCUT2D eigenvalue weighted by atomic mass is 16.7. The number of hydrogen-bond donors (Lipinski definition) is 1. The van der Waals surface area contributed by atoms with Crippen LogP contribution in [0.3, 0.4) is 0 Å². The van der Waals surface area contributed by atoms with Crippen molar-refractivity contribution in [1.29, 1.82) is 5.26 Å². The van der Waals surface area contributed by atoms with E-state index >= 15 is 0 Å². The lowest BCUT2D eigenvalue weighted by Crippen LogP contribution is -2.27. The van der Waals surface area contributed by atoms with E-state index in [-0.39, 0.29) is 35.2 Å². The largest absolute Gasteiger partial charge is 0.491 e. The van der Waals surface area contributed by atoms with Crippen molar-refractivity contribution in [2.75, 3.05) is 238 Å². The molecular formula is C79H126N2O27. The Morgan fingerprint density at radius 3 is 1.01 bits per heavy atom. The number of hydrogen-bond acceptors (Lipinski definition) is 29. The third kappa shape index (κ3) is 51.4. The average molecular weight is 1540 g/mol. The topological polar surface area (TPSA) is 344 Å². The summed E-state index contributed by atoms with van der Waals surface area (Å²) in [7, 11) is 0. The summed E-state index contributed by atoms with van der Waals surface area (Å²) >= 11 is 0. The number of ether oxygens (including phenoxy) is 25. The van der Waals surface area contributed by atoms with Crippen molar-refractivity contribution in [3.63, 3.8) is 0 Å². The molecule has 1 N–H and O–H groups in total. The standard InChI is InChI=1S/C21H24O4.C12H22O6.C11H20O4.C10H18O4.C9H16O5.C8H12N2O2.C8H14O2/c1-21(2,15-3-7-17(8-4-15)22-11-19-13-24-19)16-5-9-18(10-6-16)23-12-20-14-25-20;1(13-3-5-15-7-11-9-17-11)2-14-4-6-16-8-12-10-18-12;1-11(2,7-12-3-9-5-14-9)8-13-4-10-6-15-10;1(3-11-5-9-7-13-9)2-4-12-6-10-8-14-10;10-7(1-11-3-8-5-13-8)2-12-4-9-6-14-9;9-7-12-6-4-2-1-3-5-10-8-11;1(3-7-5-9-7)2-4-8-6-10-8/h3-10,19-20H,11-14H2,1-2H3;11-12H,1-10H2;9-10H,3-8H2,1-2H3;9-10H,1-8H2;7-10H,1-6H2;1-6H2;7-8H,1-6H2. The van der Waals surface area contributed by atoms with Crippen molar-refractivity contribution < 1.29 is 128 Å². The number of aliphatic hydroxyl groups excluding tert-OH is 1. The van der Waals surface area contributed by atoms with Gasteiger partial charge in [0.1, 0.15) is 98.5 Å². The fourth-order valence-electron chi connectivity index (χ4n) is 9.67. The van der Waals surface area contributed by atoms with Gasteiger partial charge in [0, 0.05) is 24.0 Å². The molecule has 0 aromatic heterocycles. The van der Waals surface area contributed by atoms with Gasteiger partial charge in [-0.2, -0.15) is 5.26 Å². The molecule has 12 heterocycles. The third-order valence-electron chi connectivity index (χ3n) is 17.5. The average Bonchev–Trinajstić information content (AvgIpc) is 1.75. The monoisotopic (exact) mass is 1530 g/mol. The van der Waals surface area contributed by atoms with Crippen LogP contribution in [-0.4, -0.2) is 328 Å². The Labute approximate surface area is 639 Å². The molecule has 0 amide bonds. The molecule has 2 aromatic carbocycles. The quantitative estimate of drug-likeness (QED) is 0.0235. The minimum Gasteiger partial charge on any atom is -0.491 e. The SMILES string of the molecule is C(CCC1CO1)CC1CO1.C(CCOCC1CO1)COCC1CO1.C(COCCOCC1CO1)OCCOCC1CO1.CC(C)(COCC1CO1)COCC1CO1.CC(C)(c1ccc(OCC2CO2)cc1)c1ccc(OCC2CO2)cc1.N#COCCCCCCN=C=O.OC(COCC1CO1)COCC1CO1. The molecule has 14 rings (SSSR count). The Bertz CT molecular complexity index is 2490. The fraction of sp³-hybridized carbons (Fsp3) is 0.823. The Kier molecular flexibility index (Phi) is 44.4. The second kappa shape index (κ2) is 53.7. The van der Waals surface area contributed by atoms with Crippen molar-refractivity contribution in [3.05, 3.63) is 59.7 Å². The van der Waals surface area contributed by atoms with E-state index in [4.69, 9.17) is 119 Å². The van der Waals surface area contributed by atoms with Gasteiger partial charge in [-0.3, -0.25) is 0 Å². The number of nitriles is 1. The lowest BCUT2D eigenvalue weighted by Gasteiger charge is -2.26. The van der Waals surface area contributed by atoms with Gasteiger partial charge in [-0.15, -0.1) is 0 Å². The first kappa shape index (κ1) is 89.3. The highest BCUT2D eigenvalue weighted by Gasteiger charge is 2.31. The molecule has 12 atom stereocenters. The first-order chi connectivity index (χ1) is 52.9. The Hall–Kier alpha value is -4.21.